The molecule has 2 amide bonds. The molecule has 7 heteroatoms. The molecule has 1 atom stereocenters. The highest BCUT2D eigenvalue weighted by molar-refractivity contribution is 5.75. The van der Waals surface area contributed by atoms with Crippen LogP contribution in [0.4, 0.5) is 9.18 Å². The number of likely N-dealkylation sites (N-methyl/N-ethyl adjacent to an activating group) is 1. The number of rotatable bonds is 6. The molecular weight excluding hydrogens is 349 g/mol. The van der Waals surface area contributed by atoms with E-state index >= 15 is 4.39 Å². The normalized spacial score (nSPS) is 27.5. The minimum absolute atomic E-state index is 0.0226. The summed E-state index contributed by atoms with van der Waals surface area (Å²) < 4.78 is 15.4. The Morgan fingerprint density at radius 1 is 1.37 bits per heavy atom. The summed E-state index contributed by atoms with van der Waals surface area (Å²) in [4.78, 5) is 26.9. The Morgan fingerprint density at radius 2 is 2.07 bits per heavy atom. The van der Waals surface area contributed by atoms with Crippen molar-refractivity contribution in [2.24, 2.45) is 0 Å². The number of nitrogens with zero attached hydrogens (tertiary/aromatic N) is 2. The van der Waals surface area contributed by atoms with Crippen LogP contribution >= 0.6 is 0 Å². The molecule has 1 aliphatic heterocycles. The quantitative estimate of drug-likeness (QED) is 0.799. The predicted octanol–water partition coefficient (Wildman–Crippen LogP) is 2.51. The fourth-order valence-electron chi connectivity index (χ4n) is 4.18. The highest BCUT2D eigenvalue weighted by Crippen LogP contribution is 2.38. The molecule has 3 rings (SSSR count). The van der Waals surface area contributed by atoms with Crippen LogP contribution in [0.15, 0.2) is 24.3 Å². The molecule has 148 valence electrons. The second-order valence-corrected chi connectivity index (χ2v) is 7.68. The Morgan fingerprint density at radius 3 is 2.70 bits per heavy atom. The zero-order valence-electron chi connectivity index (χ0n) is 15.9. The molecule has 2 N–H and O–H groups in total. The highest BCUT2D eigenvalue weighted by atomic mass is 19.1. The molecule has 0 radical (unpaired) electrons. The molecule has 1 heterocycles. The predicted molar refractivity (Wildman–Crippen MR) is 100 cm³/mol. The minimum Gasteiger partial charge on any atom is -0.480 e. The van der Waals surface area contributed by atoms with E-state index in [-0.39, 0.29) is 31.2 Å². The Bertz CT molecular complexity index is 707. The Kier molecular flexibility index (Phi) is 5.69. The van der Waals surface area contributed by atoms with Gasteiger partial charge < -0.3 is 15.3 Å². The summed E-state index contributed by atoms with van der Waals surface area (Å²) in [6, 6.07) is 7.39. The lowest BCUT2D eigenvalue weighted by Crippen LogP contribution is -2.56. The van der Waals surface area contributed by atoms with E-state index in [1.54, 1.807) is 11.0 Å². The summed E-state index contributed by atoms with van der Waals surface area (Å²) in [6.07, 6.45) is 1.78. The van der Waals surface area contributed by atoms with Crippen molar-refractivity contribution in [2.75, 3.05) is 26.2 Å². The fourth-order valence-corrected chi connectivity index (χ4v) is 4.18. The minimum atomic E-state index is -1.49. The van der Waals surface area contributed by atoms with E-state index in [4.69, 9.17) is 5.11 Å². The van der Waals surface area contributed by atoms with Crippen LogP contribution in [0.1, 0.15) is 37.3 Å². The third-order valence-electron chi connectivity index (χ3n) is 5.84. The van der Waals surface area contributed by atoms with Crippen molar-refractivity contribution < 1.29 is 19.1 Å². The van der Waals surface area contributed by atoms with Crippen LogP contribution in [0.5, 0.6) is 0 Å². The maximum absolute atomic E-state index is 15.4. The summed E-state index contributed by atoms with van der Waals surface area (Å²) in [5.41, 5.74) is 0.0733. The van der Waals surface area contributed by atoms with Crippen LogP contribution < -0.4 is 5.32 Å². The molecule has 2 aliphatic rings. The molecule has 2 fully saturated rings. The van der Waals surface area contributed by atoms with E-state index in [0.717, 1.165) is 18.4 Å². The van der Waals surface area contributed by atoms with E-state index in [2.05, 4.69) is 5.32 Å². The molecule has 1 aromatic rings. The lowest BCUT2D eigenvalue weighted by molar-refractivity contribution is -0.139. The second-order valence-electron chi connectivity index (χ2n) is 7.68. The fraction of sp³-hybridized carbons (Fsp3) is 0.600. The van der Waals surface area contributed by atoms with Crippen LogP contribution in [0, 0.1) is 6.92 Å². The molecule has 1 saturated carbocycles. The summed E-state index contributed by atoms with van der Waals surface area (Å²) in [5.74, 6) is -0.836. The topological polar surface area (TPSA) is 72.9 Å². The Labute approximate surface area is 159 Å². The number of amides is 2. The summed E-state index contributed by atoms with van der Waals surface area (Å²) in [7, 11) is 0. The molecule has 1 aliphatic carbocycles. The molecule has 1 saturated heterocycles. The lowest BCUT2D eigenvalue weighted by Gasteiger charge is -2.42. The SMILES string of the molecule is CCN(CC(=O)O)C1CC(NC(=O)N2CCC(F)(c3ccccc3C)C2)C1. The van der Waals surface area contributed by atoms with Gasteiger partial charge in [-0.3, -0.25) is 9.69 Å². The number of carbonyl (C=O) groups is 2. The van der Waals surface area contributed by atoms with Gasteiger partial charge in [-0.05, 0) is 37.4 Å². The lowest BCUT2D eigenvalue weighted by atomic mass is 9.85. The van der Waals surface area contributed by atoms with Gasteiger partial charge in [0.05, 0.1) is 13.1 Å². The first-order valence-corrected chi connectivity index (χ1v) is 9.58. The zero-order valence-corrected chi connectivity index (χ0v) is 15.9. The zero-order chi connectivity index (χ0) is 19.6. The molecule has 27 heavy (non-hydrogen) atoms. The summed E-state index contributed by atoms with van der Waals surface area (Å²) in [5, 5.41) is 11.9. The van der Waals surface area contributed by atoms with Crippen molar-refractivity contribution in [1.82, 2.24) is 15.1 Å². The van der Waals surface area contributed by atoms with Crippen LogP contribution in [-0.4, -0.2) is 65.2 Å². The third-order valence-corrected chi connectivity index (χ3v) is 5.84. The van der Waals surface area contributed by atoms with Gasteiger partial charge in [-0.1, -0.05) is 31.2 Å². The number of alkyl halides is 1. The van der Waals surface area contributed by atoms with Crippen LogP contribution in [0.25, 0.3) is 0 Å². The number of hydrogen-bond donors (Lipinski definition) is 2. The van der Waals surface area contributed by atoms with Gasteiger partial charge in [0.1, 0.15) is 0 Å². The number of benzene rings is 1. The van der Waals surface area contributed by atoms with Crippen molar-refractivity contribution in [2.45, 2.75) is 50.9 Å². The number of carboxylic acid groups (broad SMARTS) is 1. The van der Waals surface area contributed by atoms with E-state index in [0.29, 0.717) is 25.1 Å². The van der Waals surface area contributed by atoms with E-state index < -0.39 is 11.6 Å². The maximum Gasteiger partial charge on any atom is 0.317 e. The standard InChI is InChI=1S/C20H28FN3O3/c1-3-23(12-18(25)26)16-10-15(11-16)22-19(27)24-9-8-20(21,13-24)17-7-5-4-6-14(17)2/h4-7,15-16H,3,8-13H2,1-2H3,(H,22,27)(H,25,26). The number of urea groups is 1. The molecule has 6 nitrogen and oxygen atoms in total. The van der Waals surface area contributed by atoms with Crippen LogP contribution in [0.3, 0.4) is 0 Å². The van der Waals surface area contributed by atoms with Gasteiger partial charge in [-0.2, -0.15) is 0 Å². The van der Waals surface area contributed by atoms with Gasteiger partial charge in [0.25, 0.3) is 0 Å². The molecular formula is C20H28FN3O3. The number of carbonyl (C=O) groups excluding carboxylic acids is 1. The van der Waals surface area contributed by atoms with Crippen molar-refractivity contribution in [3.8, 4) is 0 Å². The Hall–Kier alpha value is -2.15. The van der Waals surface area contributed by atoms with Gasteiger partial charge >= 0.3 is 12.0 Å². The largest absolute Gasteiger partial charge is 0.480 e. The average Bonchev–Trinajstić information content (AvgIpc) is 2.99. The van der Waals surface area contributed by atoms with Gasteiger partial charge in [-0.25, -0.2) is 9.18 Å². The first-order chi connectivity index (χ1) is 12.8. The Balaban J connectivity index is 1.51. The summed E-state index contributed by atoms with van der Waals surface area (Å²) >= 11 is 0. The van der Waals surface area contributed by atoms with Crippen LogP contribution in [-0.2, 0) is 10.5 Å². The van der Waals surface area contributed by atoms with Gasteiger partial charge in [0, 0.05) is 25.0 Å². The van der Waals surface area contributed by atoms with Gasteiger partial charge in [0.2, 0.25) is 0 Å². The average molecular weight is 377 g/mol. The molecule has 1 unspecified atom stereocenters. The number of likely N-dealkylation sites (tertiary alicyclic amines) is 1. The molecule has 1 aromatic carbocycles. The molecule has 0 aromatic heterocycles. The monoisotopic (exact) mass is 377 g/mol. The first kappa shape index (κ1) is 19.6. The van der Waals surface area contributed by atoms with Crippen molar-refractivity contribution in [3.05, 3.63) is 35.4 Å². The number of aryl methyl sites for hydroxylation is 1. The van der Waals surface area contributed by atoms with Crippen molar-refractivity contribution >= 4 is 12.0 Å². The third kappa shape index (κ3) is 4.24. The van der Waals surface area contributed by atoms with Gasteiger partial charge in [0.15, 0.2) is 5.67 Å². The summed E-state index contributed by atoms with van der Waals surface area (Å²) in [6.45, 7) is 4.99. The number of aliphatic carboxylic acids is 1. The maximum atomic E-state index is 15.4. The van der Waals surface area contributed by atoms with E-state index in [1.165, 1.54) is 0 Å². The van der Waals surface area contributed by atoms with Crippen molar-refractivity contribution in [3.63, 3.8) is 0 Å². The number of hydrogen-bond acceptors (Lipinski definition) is 3. The number of halogens is 1. The number of carboxylic acids is 1. The van der Waals surface area contributed by atoms with Crippen molar-refractivity contribution in [1.29, 1.82) is 0 Å². The molecule has 0 bridgehead atoms. The highest BCUT2D eigenvalue weighted by Gasteiger charge is 2.43. The second kappa shape index (κ2) is 7.84. The van der Waals surface area contributed by atoms with Gasteiger partial charge in [-0.15, -0.1) is 0 Å². The van der Waals surface area contributed by atoms with E-state index in [1.807, 2.05) is 36.9 Å². The van der Waals surface area contributed by atoms with E-state index in [9.17, 15) is 9.59 Å². The van der Waals surface area contributed by atoms with Crippen LogP contribution in [0.2, 0.25) is 0 Å². The first-order valence-electron chi connectivity index (χ1n) is 9.58. The smallest absolute Gasteiger partial charge is 0.317 e. The number of nitrogens with one attached hydrogen (secondary N) is 1. The molecule has 0 spiro atoms.